The van der Waals surface area contributed by atoms with Crippen molar-refractivity contribution in [2.24, 2.45) is 0 Å². The van der Waals surface area contributed by atoms with Crippen LogP contribution in [-0.4, -0.2) is 69.2 Å². The molecule has 1 aliphatic heterocycles. The first-order chi connectivity index (χ1) is 12.9. The molecule has 27 heavy (non-hydrogen) atoms. The van der Waals surface area contributed by atoms with Gasteiger partial charge in [-0.2, -0.15) is 0 Å². The van der Waals surface area contributed by atoms with E-state index in [9.17, 15) is 14.7 Å². The predicted octanol–water partition coefficient (Wildman–Crippen LogP) is 1.06. The number of anilines is 1. The molecule has 1 amide bonds. The number of aliphatic hydroxyl groups is 1. The van der Waals surface area contributed by atoms with E-state index in [-0.39, 0.29) is 6.54 Å². The molecule has 2 N–H and O–H groups in total. The summed E-state index contributed by atoms with van der Waals surface area (Å²) in [5.41, 5.74) is 1.37. The first-order valence-corrected chi connectivity index (χ1v) is 8.71. The molecule has 1 aliphatic rings. The zero-order chi connectivity index (χ0) is 19.4. The van der Waals surface area contributed by atoms with Crippen LogP contribution in [0.2, 0.25) is 0 Å². The molecule has 2 aromatic heterocycles. The summed E-state index contributed by atoms with van der Waals surface area (Å²) in [5.74, 6) is -1.64. The van der Waals surface area contributed by atoms with E-state index in [1.54, 1.807) is 19.4 Å². The molecule has 1 atom stereocenters. The van der Waals surface area contributed by atoms with Crippen LogP contribution in [0.25, 0.3) is 11.0 Å². The molecule has 0 radical (unpaired) electrons. The van der Waals surface area contributed by atoms with E-state index in [1.165, 1.54) is 4.90 Å². The lowest BCUT2D eigenvalue weighted by atomic mass is 9.91. The number of β-amino-alcohol motifs (C(OH)–C–C–N with tert-alkyl or cyclic N) is 1. The number of carbonyl (C=O) groups is 2. The van der Waals surface area contributed by atoms with Gasteiger partial charge in [0.25, 0.3) is 0 Å². The van der Waals surface area contributed by atoms with Gasteiger partial charge in [0, 0.05) is 44.7 Å². The predicted molar refractivity (Wildman–Crippen MR) is 100 cm³/mol. The Morgan fingerprint density at radius 2 is 2.11 bits per heavy atom. The molecule has 1 fully saturated rings. The van der Waals surface area contributed by atoms with Gasteiger partial charge in [0.1, 0.15) is 5.52 Å². The van der Waals surface area contributed by atoms with Gasteiger partial charge in [-0.05, 0) is 31.0 Å². The molecular weight excluding hydrogens is 348 g/mol. The average molecular weight is 370 g/mol. The Morgan fingerprint density at radius 1 is 1.30 bits per heavy atom. The molecule has 0 aliphatic carbocycles. The van der Waals surface area contributed by atoms with Crippen LogP contribution in [0.15, 0.2) is 42.7 Å². The molecule has 0 spiro atoms. The standard InChI is InChI=1S/C19H22N4O4/c1-22(16(24)5-6-17(25)26)12-19(27)8-3-11-23(13-19)15-7-10-20-14-4-2-9-21-18(14)15/h2,4-7,9-10,27H,3,8,11-13H2,1H3,(H,25,26)/b6-5+. The minimum absolute atomic E-state index is 0.114. The van der Waals surface area contributed by atoms with E-state index in [0.717, 1.165) is 41.8 Å². The van der Waals surface area contributed by atoms with Gasteiger partial charge >= 0.3 is 5.97 Å². The van der Waals surface area contributed by atoms with Gasteiger partial charge in [0.2, 0.25) is 5.91 Å². The van der Waals surface area contributed by atoms with Crippen LogP contribution in [0, 0.1) is 0 Å². The second-order valence-electron chi connectivity index (χ2n) is 6.82. The maximum Gasteiger partial charge on any atom is 0.328 e. The normalized spacial score (nSPS) is 20.1. The third-order valence-electron chi connectivity index (χ3n) is 4.65. The minimum atomic E-state index is -1.18. The lowest BCUT2D eigenvalue weighted by molar-refractivity contribution is -0.132. The number of nitrogens with zero attached hydrogens (tertiary/aromatic N) is 4. The Kier molecular flexibility index (Phi) is 5.36. The second-order valence-corrected chi connectivity index (χ2v) is 6.82. The van der Waals surface area contributed by atoms with Gasteiger partial charge in [-0.25, -0.2) is 4.79 Å². The number of fused-ring (bicyclic) bond motifs is 1. The Labute approximate surface area is 156 Å². The monoisotopic (exact) mass is 370 g/mol. The third-order valence-corrected chi connectivity index (χ3v) is 4.65. The van der Waals surface area contributed by atoms with E-state index in [4.69, 9.17) is 5.11 Å². The van der Waals surface area contributed by atoms with Crippen molar-refractivity contribution in [3.8, 4) is 0 Å². The number of rotatable bonds is 5. The van der Waals surface area contributed by atoms with Gasteiger partial charge in [-0.3, -0.25) is 14.8 Å². The number of hydrogen-bond acceptors (Lipinski definition) is 6. The fraction of sp³-hybridized carbons (Fsp3) is 0.368. The van der Waals surface area contributed by atoms with Gasteiger partial charge in [0.15, 0.2) is 0 Å². The van der Waals surface area contributed by atoms with Crippen LogP contribution in [-0.2, 0) is 9.59 Å². The molecule has 8 nitrogen and oxygen atoms in total. The average Bonchev–Trinajstić information content (AvgIpc) is 2.65. The summed E-state index contributed by atoms with van der Waals surface area (Å²) in [6.45, 7) is 1.24. The molecule has 3 rings (SSSR count). The van der Waals surface area contributed by atoms with Crippen molar-refractivity contribution in [1.29, 1.82) is 0 Å². The van der Waals surface area contributed by atoms with Crippen LogP contribution in [0.3, 0.4) is 0 Å². The molecule has 0 bridgehead atoms. The van der Waals surface area contributed by atoms with Crippen molar-refractivity contribution < 1.29 is 19.8 Å². The fourth-order valence-corrected chi connectivity index (χ4v) is 3.46. The number of aliphatic carboxylic acids is 1. The topological polar surface area (TPSA) is 107 Å². The maximum atomic E-state index is 12.0. The SMILES string of the molecule is CN(CC1(O)CCCN(c2ccnc3cccnc23)C1)C(=O)/C=C/C(=O)O. The highest BCUT2D eigenvalue weighted by atomic mass is 16.4. The molecule has 0 saturated carbocycles. The fourth-order valence-electron chi connectivity index (χ4n) is 3.46. The summed E-state index contributed by atoms with van der Waals surface area (Å²) in [5, 5.41) is 19.7. The van der Waals surface area contributed by atoms with Crippen molar-refractivity contribution >= 4 is 28.6 Å². The van der Waals surface area contributed by atoms with Crippen LogP contribution in [0.4, 0.5) is 5.69 Å². The number of carboxylic acid groups (broad SMARTS) is 1. The van der Waals surface area contributed by atoms with Gasteiger partial charge < -0.3 is 20.0 Å². The molecular formula is C19H22N4O4. The summed E-state index contributed by atoms with van der Waals surface area (Å²) >= 11 is 0. The van der Waals surface area contributed by atoms with Gasteiger partial charge in [0.05, 0.1) is 23.3 Å². The number of amides is 1. The van der Waals surface area contributed by atoms with Crippen molar-refractivity contribution in [2.75, 3.05) is 31.6 Å². The quantitative estimate of drug-likeness (QED) is 0.758. The van der Waals surface area contributed by atoms with Crippen molar-refractivity contribution in [3.05, 3.63) is 42.7 Å². The number of carboxylic acids is 1. The molecule has 1 unspecified atom stereocenters. The smallest absolute Gasteiger partial charge is 0.328 e. The van der Waals surface area contributed by atoms with E-state index >= 15 is 0 Å². The summed E-state index contributed by atoms with van der Waals surface area (Å²) in [6, 6.07) is 5.60. The molecule has 0 aromatic carbocycles. The summed E-state index contributed by atoms with van der Waals surface area (Å²) in [4.78, 5) is 34.7. The van der Waals surface area contributed by atoms with E-state index in [1.807, 2.05) is 18.2 Å². The summed E-state index contributed by atoms with van der Waals surface area (Å²) in [7, 11) is 1.55. The second kappa shape index (κ2) is 7.71. The molecule has 3 heterocycles. The zero-order valence-corrected chi connectivity index (χ0v) is 15.1. The molecule has 142 valence electrons. The van der Waals surface area contributed by atoms with Crippen molar-refractivity contribution in [1.82, 2.24) is 14.9 Å². The Morgan fingerprint density at radius 3 is 2.89 bits per heavy atom. The number of hydrogen-bond donors (Lipinski definition) is 2. The van der Waals surface area contributed by atoms with Crippen LogP contribution >= 0.6 is 0 Å². The number of carbonyl (C=O) groups excluding carboxylic acids is 1. The summed E-state index contributed by atoms with van der Waals surface area (Å²) in [6.07, 6.45) is 6.54. The molecule has 1 saturated heterocycles. The van der Waals surface area contributed by atoms with Crippen molar-refractivity contribution in [2.45, 2.75) is 18.4 Å². The van der Waals surface area contributed by atoms with Gasteiger partial charge in [-0.15, -0.1) is 0 Å². The minimum Gasteiger partial charge on any atom is -0.478 e. The van der Waals surface area contributed by atoms with E-state index < -0.39 is 17.5 Å². The maximum absolute atomic E-state index is 12.0. The first kappa shape index (κ1) is 18.8. The number of likely N-dealkylation sites (N-methyl/N-ethyl adjacent to an activating group) is 1. The first-order valence-electron chi connectivity index (χ1n) is 8.71. The lowest BCUT2D eigenvalue weighted by Gasteiger charge is -2.42. The van der Waals surface area contributed by atoms with Crippen LogP contribution in [0.5, 0.6) is 0 Å². The largest absolute Gasteiger partial charge is 0.478 e. The van der Waals surface area contributed by atoms with Crippen LogP contribution < -0.4 is 4.90 Å². The van der Waals surface area contributed by atoms with Crippen molar-refractivity contribution in [3.63, 3.8) is 0 Å². The van der Waals surface area contributed by atoms with E-state index in [0.29, 0.717) is 13.0 Å². The Balaban J connectivity index is 1.76. The molecule has 8 heteroatoms. The van der Waals surface area contributed by atoms with Crippen LogP contribution in [0.1, 0.15) is 12.8 Å². The lowest BCUT2D eigenvalue weighted by Crippen LogP contribution is -2.54. The number of pyridine rings is 2. The zero-order valence-electron chi connectivity index (χ0n) is 15.1. The highest BCUT2D eigenvalue weighted by Crippen LogP contribution is 2.30. The Hall–Kier alpha value is -3.00. The van der Waals surface area contributed by atoms with Gasteiger partial charge in [-0.1, -0.05) is 0 Å². The number of aromatic nitrogens is 2. The third kappa shape index (κ3) is 4.40. The number of piperidine rings is 1. The van der Waals surface area contributed by atoms with E-state index in [2.05, 4.69) is 14.9 Å². The highest BCUT2D eigenvalue weighted by molar-refractivity contribution is 5.93. The molecule has 2 aromatic rings. The Bertz CT molecular complexity index is 880. The highest BCUT2D eigenvalue weighted by Gasteiger charge is 2.35. The summed E-state index contributed by atoms with van der Waals surface area (Å²) < 4.78 is 0.